The molecule has 90 valence electrons. The fourth-order valence-corrected chi connectivity index (χ4v) is 2.18. The van der Waals surface area contributed by atoms with Crippen molar-refractivity contribution in [3.63, 3.8) is 0 Å². The van der Waals surface area contributed by atoms with Crippen LogP contribution in [0.15, 0.2) is 41.0 Å². The number of aromatic nitrogens is 2. The quantitative estimate of drug-likeness (QED) is 0.939. The molecule has 0 amide bonds. The molecule has 0 saturated carbocycles. The van der Waals surface area contributed by atoms with Crippen LogP contribution in [0.4, 0.5) is 0 Å². The van der Waals surface area contributed by atoms with E-state index in [1.165, 1.54) is 11.3 Å². The molecule has 0 aliphatic heterocycles. The number of rotatable bonds is 4. The van der Waals surface area contributed by atoms with Crippen LogP contribution in [-0.4, -0.2) is 16.3 Å². The Balaban J connectivity index is 2.35. The highest BCUT2D eigenvalue weighted by molar-refractivity contribution is 9.10. The highest BCUT2D eigenvalue weighted by Crippen LogP contribution is 2.22. The van der Waals surface area contributed by atoms with Gasteiger partial charge in [-0.05, 0) is 30.3 Å². The number of aryl methyl sites for hydroxylation is 1. The Bertz CT molecular complexity index is 476. The average Bonchev–Trinajstić information content (AvgIpc) is 2.74. The summed E-state index contributed by atoms with van der Waals surface area (Å²) < 4.78 is 3.01. The van der Waals surface area contributed by atoms with Crippen molar-refractivity contribution in [1.29, 1.82) is 0 Å². The lowest BCUT2D eigenvalue weighted by Crippen LogP contribution is -2.24. The van der Waals surface area contributed by atoms with Crippen molar-refractivity contribution >= 4 is 15.9 Å². The lowest BCUT2D eigenvalue weighted by Gasteiger charge is -2.18. The van der Waals surface area contributed by atoms with Gasteiger partial charge in [-0.2, -0.15) is 5.10 Å². The molecule has 1 unspecified atom stereocenters. The minimum atomic E-state index is 0.195. The maximum atomic E-state index is 4.23. The minimum absolute atomic E-state index is 0.195. The summed E-state index contributed by atoms with van der Waals surface area (Å²) in [4.78, 5) is 0. The van der Waals surface area contributed by atoms with Crippen molar-refractivity contribution in [3.8, 4) is 0 Å². The predicted octanol–water partition coefficient (Wildman–Crippen LogP) is 2.88. The second-order valence-electron chi connectivity index (χ2n) is 3.92. The average molecular weight is 294 g/mol. The summed E-state index contributed by atoms with van der Waals surface area (Å²) in [5, 5.41) is 7.72. The molecule has 0 spiro atoms. The largest absolute Gasteiger partial charge is 0.305 e. The second kappa shape index (κ2) is 5.47. The Labute approximate surface area is 110 Å². The molecule has 3 nitrogen and oxygen atoms in total. The lowest BCUT2D eigenvalue weighted by molar-refractivity contribution is 0.572. The summed E-state index contributed by atoms with van der Waals surface area (Å²) in [6, 6.07) is 10.6. The smallest absolute Gasteiger partial charge is 0.0748 e. The van der Waals surface area contributed by atoms with Gasteiger partial charge in [-0.25, -0.2) is 0 Å². The van der Waals surface area contributed by atoms with Gasteiger partial charge in [0.2, 0.25) is 0 Å². The highest BCUT2D eigenvalue weighted by Gasteiger charge is 2.15. The van der Waals surface area contributed by atoms with Crippen LogP contribution in [0.3, 0.4) is 0 Å². The third-order valence-electron chi connectivity index (χ3n) is 2.77. The molecule has 0 aliphatic carbocycles. The standard InChI is InChI=1S/C13H16BrN3/c1-3-15-13(12-8-9-16-17(12)2)10-4-6-11(14)7-5-10/h4-9,13,15H,3H2,1-2H3. The van der Waals surface area contributed by atoms with E-state index in [1.54, 1.807) is 0 Å². The van der Waals surface area contributed by atoms with Crippen LogP contribution in [0.5, 0.6) is 0 Å². The third-order valence-corrected chi connectivity index (χ3v) is 3.29. The topological polar surface area (TPSA) is 29.9 Å². The molecule has 1 heterocycles. The third kappa shape index (κ3) is 2.76. The minimum Gasteiger partial charge on any atom is -0.305 e. The molecule has 0 aliphatic rings. The highest BCUT2D eigenvalue weighted by atomic mass is 79.9. The number of nitrogens with one attached hydrogen (secondary N) is 1. The zero-order valence-corrected chi connectivity index (χ0v) is 11.6. The molecule has 2 aromatic rings. The first kappa shape index (κ1) is 12.3. The lowest BCUT2D eigenvalue weighted by atomic mass is 10.0. The van der Waals surface area contributed by atoms with Gasteiger partial charge in [0.1, 0.15) is 0 Å². The van der Waals surface area contributed by atoms with Gasteiger partial charge >= 0.3 is 0 Å². The number of benzene rings is 1. The maximum absolute atomic E-state index is 4.23. The van der Waals surface area contributed by atoms with Gasteiger partial charge in [-0.15, -0.1) is 0 Å². The zero-order chi connectivity index (χ0) is 12.3. The Morgan fingerprint density at radius 3 is 2.53 bits per heavy atom. The first-order valence-corrected chi connectivity index (χ1v) is 6.48. The summed E-state index contributed by atoms with van der Waals surface area (Å²) >= 11 is 3.46. The number of hydrogen-bond donors (Lipinski definition) is 1. The number of nitrogens with zero attached hydrogens (tertiary/aromatic N) is 2. The summed E-state index contributed by atoms with van der Waals surface area (Å²) in [7, 11) is 1.97. The molecular formula is C13H16BrN3. The van der Waals surface area contributed by atoms with Gasteiger partial charge in [0.15, 0.2) is 0 Å². The predicted molar refractivity (Wildman–Crippen MR) is 72.9 cm³/mol. The van der Waals surface area contributed by atoms with Crippen molar-refractivity contribution < 1.29 is 0 Å². The molecule has 1 aromatic heterocycles. The van der Waals surface area contributed by atoms with E-state index in [1.807, 2.05) is 17.9 Å². The van der Waals surface area contributed by atoms with Crippen molar-refractivity contribution in [2.24, 2.45) is 7.05 Å². The van der Waals surface area contributed by atoms with E-state index >= 15 is 0 Å². The molecule has 0 bridgehead atoms. The van der Waals surface area contributed by atoms with E-state index in [-0.39, 0.29) is 6.04 Å². The van der Waals surface area contributed by atoms with Crippen molar-refractivity contribution in [2.45, 2.75) is 13.0 Å². The Morgan fingerprint density at radius 1 is 1.29 bits per heavy atom. The Morgan fingerprint density at radius 2 is 2.00 bits per heavy atom. The number of hydrogen-bond acceptors (Lipinski definition) is 2. The normalized spacial score (nSPS) is 12.6. The fourth-order valence-electron chi connectivity index (χ4n) is 1.92. The van der Waals surface area contributed by atoms with Crippen molar-refractivity contribution in [1.82, 2.24) is 15.1 Å². The van der Waals surface area contributed by atoms with Gasteiger partial charge in [0, 0.05) is 17.7 Å². The molecule has 0 radical (unpaired) electrons. The molecular weight excluding hydrogens is 278 g/mol. The van der Waals surface area contributed by atoms with Gasteiger partial charge in [-0.1, -0.05) is 35.0 Å². The molecule has 1 N–H and O–H groups in total. The number of halogens is 1. The van der Waals surface area contributed by atoms with Crippen LogP contribution < -0.4 is 5.32 Å². The van der Waals surface area contributed by atoms with Crippen LogP contribution in [0.2, 0.25) is 0 Å². The van der Waals surface area contributed by atoms with Gasteiger partial charge in [-0.3, -0.25) is 4.68 Å². The van der Waals surface area contributed by atoms with Gasteiger partial charge in [0.25, 0.3) is 0 Å². The molecule has 1 atom stereocenters. The van der Waals surface area contributed by atoms with E-state index in [9.17, 15) is 0 Å². The van der Waals surface area contributed by atoms with Crippen LogP contribution in [-0.2, 0) is 7.05 Å². The first-order chi connectivity index (χ1) is 8.22. The summed E-state index contributed by atoms with van der Waals surface area (Å²) in [6.07, 6.45) is 1.83. The van der Waals surface area contributed by atoms with Crippen LogP contribution >= 0.6 is 15.9 Å². The maximum Gasteiger partial charge on any atom is 0.0748 e. The monoisotopic (exact) mass is 293 g/mol. The summed E-state index contributed by atoms with van der Waals surface area (Å²) in [5.41, 5.74) is 2.42. The van der Waals surface area contributed by atoms with Gasteiger partial charge < -0.3 is 5.32 Å². The van der Waals surface area contributed by atoms with E-state index < -0.39 is 0 Å². The van der Waals surface area contributed by atoms with E-state index in [0.717, 1.165) is 11.0 Å². The van der Waals surface area contributed by atoms with Crippen molar-refractivity contribution in [2.75, 3.05) is 6.54 Å². The summed E-state index contributed by atoms with van der Waals surface area (Å²) in [6.45, 7) is 3.04. The van der Waals surface area contributed by atoms with E-state index in [2.05, 4.69) is 63.6 Å². The first-order valence-electron chi connectivity index (χ1n) is 5.69. The van der Waals surface area contributed by atoms with Crippen LogP contribution in [0.25, 0.3) is 0 Å². The zero-order valence-electron chi connectivity index (χ0n) is 10.0. The molecule has 0 saturated heterocycles. The Hall–Kier alpha value is -1.13. The molecule has 17 heavy (non-hydrogen) atoms. The van der Waals surface area contributed by atoms with E-state index in [0.29, 0.717) is 0 Å². The second-order valence-corrected chi connectivity index (χ2v) is 4.84. The van der Waals surface area contributed by atoms with Crippen LogP contribution in [0, 0.1) is 0 Å². The SMILES string of the molecule is CCNC(c1ccc(Br)cc1)c1ccnn1C. The molecule has 1 aromatic carbocycles. The molecule has 0 fully saturated rings. The van der Waals surface area contributed by atoms with E-state index in [4.69, 9.17) is 0 Å². The molecule has 4 heteroatoms. The fraction of sp³-hybridized carbons (Fsp3) is 0.308. The van der Waals surface area contributed by atoms with Crippen LogP contribution in [0.1, 0.15) is 24.2 Å². The Kier molecular flexibility index (Phi) is 3.97. The summed E-state index contributed by atoms with van der Waals surface area (Å²) in [5.74, 6) is 0. The van der Waals surface area contributed by atoms with Crippen molar-refractivity contribution in [3.05, 3.63) is 52.3 Å². The molecule has 2 rings (SSSR count). The van der Waals surface area contributed by atoms with Gasteiger partial charge in [0.05, 0.1) is 11.7 Å².